The van der Waals surface area contributed by atoms with Crippen molar-refractivity contribution >= 4 is 18.3 Å². The van der Waals surface area contributed by atoms with Crippen molar-refractivity contribution in [1.29, 1.82) is 0 Å². The van der Waals surface area contributed by atoms with Crippen molar-refractivity contribution < 1.29 is 9.53 Å². The molecule has 2 aliphatic rings. The van der Waals surface area contributed by atoms with Crippen molar-refractivity contribution in [3.63, 3.8) is 0 Å². The van der Waals surface area contributed by atoms with Gasteiger partial charge in [0, 0.05) is 31.7 Å². The van der Waals surface area contributed by atoms with E-state index in [2.05, 4.69) is 28.5 Å². The number of amides is 1. The Labute approximate surface area is 170 Å². The summed E-state index contributed by atoms with van der Waals surface area (Å²) in [6.45, 7) is 0.732. The van der Waals surface area contributed by atoms with Crippen LogP contribution in [0.25, 0.3) is 5.70 Å². The summed E-state index contributed by atoms with van der Waals surface area (Å²) >= 11 is 0. The normalized spacial score (nSPS) is 16.3. The number of carbonyl (C=O) groups is 1. The van der Waals surface area contributed by atoms with Gasteiger partial charge in [-0.05, 0) is 17.2 Å². The first kappa shape index (κ1) is 18.7. The van der Waals surface area contributed by atoms with Gasteiger partial charge in [-0.3, -0.25) is 9.69 Å². The van der Waals surface area contributed by atoms with E-state index < -0.39 is 0 Å². The molecule has 0 fully saturated rings. The molecule has 5 nitrogen and oxygen atoms in total. The summed E-state index contributed by atoms with van der Waals surface area (Å²) < 4.78 is 5.54. The predicted molar refractivity (Wildman–Crippen MR) is 114 cm³/mol. The van der Waals surface area contributed by atoms with Gasteiger partial charge in [-0.2, -0.15) is 0 Å². The molecule has 29 heavy (non-hydrogen) atoms. The van der Waals surface area contributed by atoms with Crippen molar-refractivity contribution in [2.45, 2.75) is 19.3 Å². The molecule has 0 unspecified atom stereocenters. The SMILES string of the molecule is O=CN1C=C(c2ccccc2)NC(Cc2ccccc2)=C1/N=C/CC1=CCCO1. The van der Waals surface area contributed by atoms with E-state index in [9.17, 15) is 4.79 Å². The second-order valence-electron chi connectivity index (χ2n) is 6.83. The van der Waals surface area contributed by atoms with Gasteiger partial charge >= 0.3 is 0 Å². The number of aliphatic imine (C=N–C) groups is 1. The molecule has 1 amide bonds. The van der Waals surface area contributed by atoms with E-state index in [-0.39, 0.29) is 0 Å². The molecular formula is C24H23N3O2. The number of benzene rings is 2. The summed E-state index contributed by atoms with van der Waals surface area (Å²) in [5, 5.41) is 3.49. The van der Waals surface area contributed by atoms with Crippen molar-refractivity contribution in [3.8, 4) is 0 Å². The number of nitrogens with one attached hydrogen (secondary N) is 1. The van der Waals surface area contributed by atoms with E-state index in [1.165, 1.54) is 4.90 Å². The Morgan fingerprint density at radius 2 is 1.83 bits per heavy atom. The van der Waals surface area contributed by atoms with Gasteiger partial charge in [-0.15, -0.1) is 0 Å². The first-order valence-electron chi connectivity index (χ1n) is 9.73. The van der Waals surface area contributed by atoms with Crippen LogP contribution in [0.5, 0.6) is 0 Å². The zero-order chi connectivity index (χ0) is 19.9. The molecule has 4 rings (SSSR count). The Morgan fingerprint density at radius 1 is 1.07 bits per heavy atom. The van der Waals surface area contributed by atoms with E-state index >= 15 is 0 Å². The van der Waals surface area contributed by atoms with Crippen molar-refractivity contribution in [1.82, 2.24) is 10.2 Å². The first-order chi connectivity index (χ1) is 14.3. The van der Waals surface area contributed by atoms with Gasteiger partial charge in [0.25, 0.3) is 0 Å². The number of rotatable bonds is 7. The number of hydrogen-bond acceptors (Lipinski definition) is 4. The highest BCUT2D eigenvalue weighted by molar-refractivity contribution is 5.72. The lowest BCUT2D eigenvalue weighted by molar-refractivity contribution is -0.114. The Bertz CT molecular complexity index is 976. The Hall–Kier alpha value is -3.60. The monoisotopic (exact) mass is 385 g/mol. The van der Waals surface area contributed by atoms with E-state index in [4.69, 9.17) is 4.74 Å². The molecule has 0 spiro atoms. The van der Waals surface area contributed by atoms with Crippen LogP contribution in [0.4, 0.5) is 0 Å². The van der Waals surface area contributed by atoms with Gasteiger partial charge in [-0.1, -0.05) is 60.7 Å². The van der Waals surface area contributed by atoms with Crippen LogP contribution in [-0.4, -0.2) is 24.1 Å². The lowest BCUT2D eigenvalue weighted by Gasteiger charge is -2.27. The van der Waals surface area contributed by atoms with Gasteiger partial charge < -0.3 is 10.1 Å². The van der Waals surface area contributed by atoms with Crippen LogP contribution in [0.3, 0.4) is 0 Å². The zero-order valence-electron chi connectivity index (χ0n) is 16.1. The van der Waals surface area contributed by atoms with E-state index in [1.807, 2.05) is 48.5 Å². The molecule has 0 aliphatic carbocycles. The zero-order valence-corrected chi connectivity index (χ0v) is 16.1. The third-order valence-electron chi connectivity index (χ3n) is 4.77. The van der Waals surface area contributed by atoms with Gasteiger partial charge in [-0.25, -0.2) is 4.99 Å². The van der Waals surface area contributed by atoms with Crippen LogP contribution in [0.15, 0.2) is 95.2 Å². The number of allylic oxidation sites excluding steroid dienone is 2. The minimum Gasteiger partial charge on any atom is -0.498 e. The molecule has 0 saturated heterocycles. The molecule has 1 N–H and O–H groups in total. The van der Waals surface area contributed by atoms with Crippen molar-refractivity contribution in [2.24, 2.45) is 4.99 Å². The smallest absolute Gasteiger partial charge is 0.219 e. The molecule has 0 saturated carbocycles. The molecular weight excluding hydrogens is 362 g/mol. The molecule has 0 radical (unpaired) electrons. The predicted octanol–water partition coefficient (Wildman–Crippen LogP) is 4.22. The second kappa shape index (κ2) is 9.06. The number of nitrogens with zero attached hydrogens (tertiary/aromatic N) is 2. The maximum atomic E-state index is 11.9. The Kier molecular flexibility index (Phi) is 5.86. The van der Waals surface area contributed by atoms with E-state index in [0.717, 1.165) is 47.7 Å². The molecule has 0 aromatic heterocycles. The van der Waals surface area contributed by atoms with Crippen LogP contribution >= 0.6 is 0 Å². The quantitative estimate of drug-likeness (QED) is 0.573. The lowest BCUT2D eigenvalue weighted by atomic mass is 10.1. The molecule has 2 aliphatic heterocycles. The van der Waals surface area contributed by atoms with Gasteiger partial charge in [0.05, 0.1) is 23.8 Å². The fourth-order valence-corrected chi connectivity index (χ4v) is 3.35. The maximum Gasteiger partial charge on any atom is 0.219 e. The van der Waals surface area contributed by atoms with Gasteiger partial charge in [0.2, 0.25) is 6.41 Å². The fourth-order valence-electron chi connectivity index (χ4n) is 3.35. The summed E-state index contributed by atoms with van der Waals surface area (Å²) in [6.07, 6.45) is 8.66. The number of carbonyl (C=O) groups excluding carboxylic acids is 1. The Morgan fingerprint density at radius 3 is 2.52 bits per heavy atom. The first-order valence-corrected chi connectivity index (χ1v) is 9.73. The van der Waals surface area contributed by atoms with Crippen LogP contribution < -0.4 is 5.32 Å². The highest BCUT2D eigenvalue weighted by Gasteiger charge is 2.21. The number of hydrogen-bond donors (Lipinski definition) is 1. The van der Waals surface area contributed by atoms with Crippen LogP contribution in [0.1, 0.15) is 24.0 Å². The van der Waals surface area contributed by atoms with Crippen LogP contribution in [-0.2, 0) is 16.0 Å². The fraction of sp³-hybridized carbons (Fsp3) is 0.167. The highest BCUT2D eigenvalue weighted by atomic mass is 16.5. The molecule has 2 aromatic carbocycles. The largest absolute Gasteiger partial charge is 0.498 e. The summed E-state index contributed by atoms with van der Waals surface area (Å²) in [6, 6.07) is 20.1. The summed E-state index contributed by atoms with van der Waals surface area (Å²) in [5.41, 5.74) is 3.90. The maximum absolute atomic E-state index is 11.9. The summed E-state index contributed by atoms with van der Waals surface area (Å²) in [4.78, 5) is 18.0. The van der Waals surface area contributed by atoms with Crippen LogP contribution in [0, 0.1) is 0 Å². The molecule has 2 aromatic rings. The van der Waals surface area contributed by atoms with E-state index in [0.29, 0.717) is 18.7 Å². The van der Waals surface area contributed by atoms with Crippen LogP contribution in [0.2, 0.25) is 0 Å². The highest BCUT2D eigenvalue weighted by Crippen LogP contribution is 2.25. The molecule has 0 bridgehead atoms. The number of ether oxygens (including phenoxy) is 1. The van der Waals surface area contributed by atoms with E-state index in [1.54, 1.807) is 12.4 Å². The second-order valence-corrected chi connectivity index (χ2v) is 6.83. The summed E-state index contributed by atoms with van der Waals surface area (Å²) in [5.74, 6) is 1.53. The molecule has 5 heteroatoms. The van der Waals surface area contributed by atoms with Gasteiger partial charge in [0.1, 0.15) is 0 Å². The lowest BCUT2D eigenvalue weighted by Crippen LogP contribution is -2.29. The van der Waals surface area contributed by atoms with Crippen molar-refractivity contribution in [2.75, 3.05) is 6.61 Å². The average Bonchev–Trinajstić information content (AvgIpc) is 3.29. The minimum absolute atomic E-state index is 0.599. The summed E-state index contributed by atoms with van der Waals surface area (Å²) in [7, 11) is 0. The molecule has 146 valence electrons. The van der Waals surface area contributed by atoms with Crippen molar-refractivity contribution in [3.05, 3.63) is 101 Å². The third-order valence-corrected chi connectivity index (χ3v) is 4.77. The van der Waals surface area contributed by atoms with Gasteiger partial charge in [0.15, 0.2) is 5.82 Å². The third kappa shape index (κ3) is 4.63. The molecule has 2 heterocycles. The Balaban J connectivity index is 1.65. The minimum atomic E-state index is 0.599. The molecule has 0 atom stereocenters. The average molecular weight is 385 g/mol. The topological polar surface area (TPSA) is 53.9 Å². The standard InChI is InChI=1S/C24H23N3O2/c28-18-27-17-23(20-10-5-2-6-11-20)26-22(16-19-8-3-1-4-9-19)24(27)25-14-13-21-12-7-15-29-21/h1-6,8-12,14,17-18,26H,7,13,15-16H2/b25-14+.